The van der Waals surface area contributed by atoms with Gasteiger partial charge in [0.1, 0.15) is 18.1 Å². The Morgan fingerprint density at radius 2 is 1.80 bits per heavy atom. The maximum Gasteiger partial charge on any atom is 0.162 e. The molecule has 0 atom stereocenters. The van der Waals surface area contributed by atoms with Crippen molar-refractivity contribution in [2.45, 2.75) is 6.61 Å². The number of rotatable bonds is 4. The van der Waals surface area contributed by atoms with Gasteiger partial charge in [-0.15, -0.1) is 12.4 Å². The van der Waals surface area contributed by atoms with Gasteiger partial charge < -0.3 is 15.2 Å². The van der Waals surface area contributed by atoms with Gasteiger partial charge in [0.15, 0.2) is 11.6 Å². The van der Waals surface area contributed by atoms with Crippen molar-refractivity contribution in [1.82, 2.24) is 0 Å². The van der Waals surface area contributed by atoms with E-state index in [1.807, 2.05) is 0 Å². The Labute approximate surface area is 121 Å². The molecule has 0 fully saturated rings. The molecule has 0 aliphatic carbocycles. The fourth-order valence-corrected chi connectivity index (χ4v) is 1.61. The van der Waals surface area contributed by atoms with E-state index >= 15 is 0 Å². The van der Waals surface area contributed by atoms with Crippen LogP contribution >= 0.6 is 12.4 Å². The first-order valence-electron chi connectivity index (χ1n) is 5.60. The van der Waals surface area contributed by atoms with Gasteiger partial charge in [-0.3, -0.25) is 0 Å². The van der Waals surface area contributed by atoms with Crippen LogP contribution in [0.25, 0.3) is 0 Å². The third-order valence-corrected chi connectivity index (χ3v) is 2.59. The summed E-state index contributed by atoms with van der Waals surface area (Å²) in [4.78, 5) is 0. The van der Waals surface area contributed by atoms with Crippen molar-refractivity contribution in [3.8, 4) is 11.5 Å². The van der Waals surface area contributed by atoms with Crippen LogP contribution in [0.3, 0.4) is 0 Å². The van der Waals surface area contributed by atoms with E-state index in [4.69, 9.17) is 15.2 Å². The minimum Gasteiger partial charge on any atom is -0.495 e. The number of hydrogen-bond acceptors (Lipinski definition) is 3. The van der Waals surface area contributed by atoms with E-state index < -0.39 is 11.6 Å². The minimum absolute atomic E-state index is 0. The molecule has 2 aromatic carbocycles. The monoisotopic (exact) mass is 301 g/mol. The molecule has 0 heterocycles. The lowest BCUT2D eigenvalue weighted by molar-refractivity contribution is 0.303. The van der Waals surface area contributed by atoms with Gasteiger partial charge in [-0.05, 0) is 29.8 Å². The van der Waals surface area contributed by atoms with Crippen molar-refractivity contribution in [3.63, 3.8) is 0 Å². The smallest absolute Gasteiger partial charge is 0.162 e. The van der Waals surface area contributed by atoms with Crippen molar-refractivity contribution >= 4 is 18.1 Å². The predicted octanol–water partition coefficient (Wildman–Crippen LogP) is 3.56. The van der Waals surface area contributed by atoms with Crippen LogP contribution in [0.2, 0.25) is 0 Å². The number of anilines is 1. The summed E-state index contributed by atoms with van der Waals surface area (Å²) in [6.07, 6.45) is 0. The van der Waals surface area contributed by atoms with Gasteiger partial charge in [-0.2, -0.15) is 0 Å². The van der Waals surface area contributed by atoms with E-state index in [9.17, 15) is 8.78 Å². The van der Waals surface area contributed by atoms with Crippen LogP contribution < -0.4 is 15.2 Å². The number of nitrogens with two attached hydrogens (primary N) is 1. The van der Waals surface area contributed by atoms with E-state index in [0.29, 0.717) is 11.4 Å². The topological polar surface area (TPSA) is 44.5 Å². The lowest BCUT2D eigenvalue weighted by Gasteiger charge is -2.09. The number of halogens is 3. The lowest BCUT2D eigenvalue weighted by Crippen LogP contribution is -1.99. The summed E-state index contributed by atoms with van der Waals surface area (Å²) >= 11 is 0. The molecule has 0 saturated heterocycles. The summed E-state index contributed by atoms with van der Waals surface area (Å²) in [5.41, 5.74) is 7.06. The molecule has 0 saturated carbocycles. The molecule has 108 valence electrons. The number of benzene rings is 2. The van der Waals surface area contributed by atoms with Gasteiger partial charge in [-0.1, -0.05) is 6.07 Å². The first-order valence-corrected chi connectivity index (χ1v) is 5.60. The molecule has 2 aromatic rings. The second-order valence-corrected chi connectivity index (χ2v) is 3.94. The molecule has 2 rings (SSSR count). The summed E-state index contributed by atoms with van der Waals surface area (Å²) in [7, 11) is 1.53. The van der Waals surface area contributed by atoms with Crippen molar-refractivity contribution in [2.24, 2.45) is 0 Å². The average molecular weight is 302 g/mol. The Morgan fingerprint density at radius 3 is 2.40 bits per heavy atom. The normalized spacial score (nSPS) is 9.75. The Bertz CT molecular complexity index is 593. The molecule has 0 spiro atoms. The van der Waals surface area contributed by atoms with E-state index in [0.717, 1.165) is 17.7 Å². The average Bonchev–Trinajstić information content (AvgIpc) is 2.40. The number of hydrogen-bond donors (Lipinski definition) is 1. The van der Waals surface area contributed by atoms with Crippen molar-refractivity contribution in [1.29, 1.82) is 0 Å². The summed E-state index contributed by atoms with van der Waals surface area (Å²) in [6, 6.07) is 8.60. The van der Waals surface area contributed by atoms with Crippen molar-refractivity contribution in [2.75, 3.05) is 12.8 Å². The van der Waals surface area contributed by atoms with Crippen LogP contribution in [0.5, 0.6) is 11.5 Å². The molecule has 0 unspecified atom stereocenters. The first kappa shape index (κ1) is 16.0. The van der Waals surface area contributed by atoms with Gasteiger partial charge >= 0.3 is 0 Å². The van der Waals surface area contributed by atoms with Crippen LogP contribution in [0, 0.1) is 11.6 Å². The highest BCUT2D eigenvalue weighted by atomic mass is 35.5. The summed E-state index contributed by atoms with van der Waals surface area (Å²) in [5.74, 6) is -1.00. The van der Waals surface area contributed by atoms with Crippen LogP contribution in [0.4, 0.5) is 14.5 Å². The van der Waals surface area contributed by atoms with Crippen molar-refractivity contribution < 1.29 is 18.3 Å². The zero-order valence-electron chi connectivity index (χ0n) is 10.7. The van der Waals surface area contributed by atoms with Gasteiger partial charge in [0.25, 0.3) is 0 Å². The third kappa shape index (κ3) is 3.74. The number of methoxy groups -OCH3 is 1. The van der Waals surface area contributed by atoms with Gasteiger partial charge in [0.2, 0.25) is 0 Å². The highest BCUT2D eigenvalue weighted by Crippen LogP contribution is 2.23. The highest BCUT2D eigenvalue weighted by Gasteiger charge is 2.05. The molecule has 0 bridgehead atoms. The van der Waals surface area contributed by atoms with Gasteiger partial charge in [0, 0.05) is 6.07 Å². The first-order chi connectivity index (χ1) is 9.10. The predicted molar refractivity (Wildman–Crippen MR) is 75.3 cm³/mol. The van der Waals surface area contributed by atoms with E-state index in [-0.39, 0.29) is 24.8 Å². The molecule has 2 N–H and O–H groups in total. The van der Waals surface area contributed by atoms with Crippen LogP contribution in [0.15, 0.2) is 36.4 Å². The quantitative estimate of drug-likeness (QED) is 0.878. The lowest BCUT2D eigenvalue weighted by atomic mass is 10.2. The molecular formula is C14H14ClF2NO2. The van der Waals surface area contributed by atoms with E-state index in [1.54, 1.807) is 18.2 Å². The number of ether oxygens (including phenoxy) is 2. The Hall–Kier alpha value is -2.01. The molecule has 0 radical (unpaired) electrons. The second kappa shape index (κ2) is 6.96. The zero-order valence-corrected chi connectivity index (χ0v) is 11.5. The number of nitrogen functional groups attached to an aromatic ring is 1. The Morgan fingerprint density at radius 1 is 1.05 bits per heavy atom. The summed E-state index contributed by atoms with van der Waals surface area (Å²) < 4.78 is 36.1. The Kier molecular flexibility index (Phi) is 5.58. The molecule has 0 aliphatic rings. The van der Waals surface area contributed by atoms with E-state index in [1.165, 1.54) is 13.2 Å². The molecule has 6 heteroatoms. The standard InChI is InChI=1S/C14H13F2NO2.ClH/c1-18-14-5-2-9(6-13(14)17)8-19-10-3-4-11(15)12(16)7-10;/h2-7H,8,17H2,1H3;1H. The largest absolute Gasteiger partial charge is 0.495 e. The highest BCUT2D eigenvalue weighted by molar-refractivity contribution is 5.85. The fraction of sp³-hybridized carbons (Fsp3) is 0.143. The van der Waals surface area contributed by atoms with Crippen LogP contribution in [-0.2, 0) is 6.61 Å². The third-order valence-electron chi connectivity index (χ3n) is 2.59. The maximum absolute atomic E-state index is 13.0. The molecule has 3 nitrogen and oxygen atoms in total. The Balaban J connectivity index is 0.00000200. The summed E-state index contributed by atoms with van der Waals surface area (Å²) in [6.45, 7) is 0.208. The molecular weight excluding hydrogens is 288 g/mol. The second-order valence-electron chi connectivity index (χ2n) is 3.94. The van der Waals surface area contributed by atoms with Crippen LogP contribution in [-0.4, -0.2) is 7.11 Å². The minimum atomic E-state index is -0.938. The summed E-state index contributed by atoms with van der Waals surface area (Å²) in [5, 5.41) is 0. The molecule has 0 amide bonds. The molecule has 0 aromatic heterocycles. The fourth-order valence-electron chi connectivity index (χ4n) is 1.61. The van der Waals surface area contributed by atoms with Crippen molar-refractivity contribution in [3.05, 3.63) is 53.6 Å². The van der Waals surface area contributed by atoms with Gasteiger partial charge in [-0.25, -0.2) is 8.78 Å². The maximum atomic E-state index is 13.0. The van der Waals surface area contributed by atoms with Crippen LogP contribution in [0.1, 0.15) is 5.56 Å². The zero-order chi connectivity index (χ0) is 13.8. The van der Waals surface area contributed by atoms with E-state index in [2.05, 4.69) is 0 Å². The SMILES string of the molecule is COc1ccc(COc2ccc(F)c(F)c2)cc1N.Cl. The molecule has 20 heavy (non-hydrogen) atoms. The molecule has 0 aliphatic heterocycles. The van der Waals surface area contributed by atoms with Gasteiger partial charge in [0.05, 0.1) is 12.8 Å².